The molecule has 1 aromatic heterocycles. The fraction of sp³-hybridized carbons (Fsp3) is 0.556. The van der Waals surface area contributed by atoms with E-state index in [1.807, 2.05) is 0 Å². The van der Waals surface area contributed by atoms with Crippen molar-refractivity contribution in [2.24, 2.45) is 0 Å². The van der Waals surface area contributed by atoms with E-state index in [-0.39, 0.29) is 0 Å². The number of hydrogen-bond donors (Lipinski definition) is 3. The number of aryl methyl sites for hydroxylation is 1. The van der Waals surface area contributed by atoms with Gasteiger partial charge in [0.15, 0.2) is 11.1 Å². The Hall–Kier alpha value is -0.430. The first-order valence-electron chi connectivity index (χ1n) is 4.70. The largest absolute Gasteiger partial charge is 0.391 e. The normalized spacial score (nSPS) is 11.7. The van der Waals surface area contributed by atoms with Crippen molar-refractivity contribution in [2.75, 3.05) is 18.8 Å². The Kier molecular flexibility index (Phi) is 7.59. The summed E-state index contributed by atoms with van der Waals surface area (Å²) in [6.07, 6.45) is 0. The van der Waals surface area contributed by atoms with Gasteiger partial charge >= 0.3 is 0 Å². The minimum atomic E-state index is -1.88. The van der Waals surface area contributed by atoms with E-state index >= 15 is 0 Å². The van der Waals surface area contributed by atoms with Gasteiger partial charge in [-0.15, -0.1) is 11.3 Å². The third-order valence-electron chi connectivity index (χ3n) is 1.55. The zero-order valence-electron chi connectivity index (χ0n) is 9.24. The molecular weight excluding hydrogens is 232 g/mol. The number of hydrogen-bond acceptors (Lipinski definition) is 4. The van der Waals surface area contributed by atoms with Crippen LogP contribution in [-0.4, -0.2) is 21.9 Å². The van der Waals surface area contributed by atoms with Gasteiger partial charge in [0.05, 0.1) is 5.00 Å². The van der Waals surface area contributed by atoms with Gasteiger partial charge in [-0.2, -0.15) is 0 Å². The molecule has 88 valence electrons. The van der Waals surface area contributed by atoms with E-state index in [9.17, 15) is 4.21 Å². The average Bonchev–Trinajstić information content (AvgIpc) is 2.48. The summed E-state index contributed by atoms with van der Waals surface area (Å²) in [5.41, 5.74) is 6.17. The first-order valence-corrected chi connectivity index (χ1v) is 6.62. The molecule has 0 radical (unpaired) electrons. The topological polar surface area (TPSA) is 75.3 Å². The molecule has 0 fully saturated rings. The number of thiophene rings is 1. The molecule has 0 aliphatic heterocycles. The lowest BCUT2D eigenvalue weighted by molar-refractivity contribution is 0.566. The third-order valence-corrected chi connectivity index (χ3v) is 3.73. The summed E-state index contributed by atoms with van der Waals surface area (Å²) in [6.45, 7) is 8.15. The minimum Gasteiger partial charge on any atom is -0.391 e. The molecule has 0 aliphatic rings. The van der Waals surface area contributed by atoms with Gasteiger partial charge in [0.25, 0.3) is 0 Å². The molecule has 6 heteroatoms. The smallest absolute Gasteiger partial charge is 0.197 e. The van der Waals surface area contributed by atoms with Gasteiger partial charge in [0.1, 0.15) is 4.21 Å². The lowest BCUT2D eigenvalue weighted by Gasteiger charge is -1.87. The summed E-state index contributed by atoms with van der Waals surface area (Å²) in [7, 11) is 0. The van der Waals surface area contributed by atoms with Crippen LogP contribution >= 0.6 is 11.3 Å². The monoisotopic (exact) mass is 250 g/mol. The standard InChI is InChI=1S/C5H7NO2S2.C4H11N/c1-3-2-4(6)9-5(3)10(7)8;1-3-5-4-2/h2H,6H2,1H3,(H,7,8);5H,3-4H2,1-2H3. The molecule has 0 aromatic carbocycles. The molecule has 1 heterocycles. The fourth-order valence-electron chi connectivity index (χ4n) is 0.913. The highest BCUT2D eigenvalue weighted by atomic mass is 32.2. The Morgan fingerprint density at radius 2 is 2.07 bits per heavy atom. The van der Waals surface area contributed by atoms with Gasteiger partial charge in [0.2, 0.25) is 0 Å². The number of rotatable bonds is 3. The Labute approximate surface area is 97.2 Å². The van der Waals surface area contributed by atoms with Crippen LogP contribution in [0.3, 0.4) is 0 Å². The van der Waals surface area contributed by atoms with Gasteiger partial charge < -0.3 is 15.6 Å². The summed E-state index contributed by atoms with van der Waals surface area (Å²) in [5, 5.41) is 3.69. The van der Waals surface area contributed by atoms with E-state index in [2.05, 4.69) is 19.2 Å². The lowest BCUT2D eigenvalue weighted by Crippen LogP contribution is -2.09. The van der Waals surface area contributed by atoms with E-state index < -0.39 is 11.1 Å². The molecule has 0 aliphatic carbocycles. The Morgan fingerprint density at radius 1 is 1.53 bits per heavy atom. The second kappa shape index (κ2) is 7.81. The van der Waals surface area contributed by atoms with Crippen molar-refractivity contribution in [2.45, 2.75) is 25.0 Å². The predicted octanol–water partition coefficient (Wildman–Crippen LogP) is 1.84. The van der Waals surface area contributed by atoms with Gasteiger partial charge in [-0.3, -0.25) is 0 Å². The molecule has 4 N–H and O–H groups in total. The SMILES string of the molecule is CCNCC.Cc1cc(N)sc1S(=O)O. The molecule has 1 aromatic rings. The number of nitrogens with two attached hydrogens (primary N) is 1. The van der Waals surface area contributed by atoms with Crippen molar-refractivity contribution in [3.63, 3.8) is 0 Å². The second-order valence-electron chi connectivity index (χ2n) is 2.83. The molecule has 15 heavy (non-hydrogen) atoms. The summed E-state index contributed by atoms with van der Waals surface area (Å²) in [5.74, 6) is 0. The minimum absolute atomic E-state index is 0.442. The lowest BCUT2D eigenvalue weighted by atomic mass is 10.4. The highest BCUT2D eigenvalue weighted by Gasteiger charge is 2.07. The highest BCUT2D eigenvalue weighted by Crippen LogP contribution is 2.25. The van der Waals surface area contributed by atoms with Crippen LogP contribution in [0.4, 0.5) is 5.00 Å². The van der Waals surface area contributed by atoms with E-state index in [1.165, 1.54) is 0 Å². The van der Waals surface area contributed by atoms with Crippen LogP contribution in [0.15, 0.2) is 10.3 Å². The zero-order valence-corrected chi connectivity index (χ0v) is 10.9. The highest BCUT2D eigenvalue weighted by molar-refractivity contribution is 7.82. The van der Waals surface area contributed by atoms with Crippen molar-refractivity contribution in [1.82, 2.24) is 5.32 Å². The summed E-state index contributed by atoms with van der Waals surface area (Å²) in [4.78, 5) is 0. The molecule has 0 bridgehead atoms. The van der Waals surface area contributed by atoms with Crippen LogP contribution < -0.4 is 11.1 Å². The van der Waals surface area contributed by atoms with Crippen molar-refractivity contribution in [1.29, 1.82) is 0 Å². The van der Waals surface area contributed by atoms with Crippen molar-refractivity contribution >= 4 is 27.4 Å². The van der Waals surface area contributed by atoms with Crippen LogP contribution in [0.25, 0.3) is 0 Å². The molecule has 0 amide bonds. The van der Waals surface area contributed by atoms with Crippen LogP contribution in [-0.2, 0) is 11.1 Å². The van der Waals surface area contributed by atoms with E-state index in [0.717, 1.165) is 30.0 Å². The van der Waals surface area contributed by atoms with Crippen LogP contribution in [0.5, 0.6) is 0 Å². The van der Waals surface area contributed by atoms with Gasteiger partial charge in [0, 0.05) is 0 Å². The Balaban J connectivity index is 0.000000336. The zero-order chi connectivity index (χ0) is 11.8. The molecule has 1 unspecified atom stereocenters. The molecular formula is C9H18N2O2S2. The number of nitrogen functional groups attached to an aromatic ring is 1. The third kappa shape index (κ3) is 5.88. The second-order valence-corrected chi connectivity index (χ2v) is 5.07. The van der Waals surface area contributed by atoms with E-state index in [0.29, 0.717) is 9.21 Å². The van der Waals surface area contributed by atoms with Crippen molar-refractivity contribution in [3.8, 4) is 0 Å². The van der Waals surface area contributed by atoms with Gasteiger partial charge in [-0.1, -0.05) is 13.8 Å². The molecule has 0 saturated carbocycles. The number of anilines is 1. The summed E-state index contributed by atoms with van der Waals surface area (Å²) < 4.78 is 19.6. The van der Waals surface area contributed by atoms with Crippen molar-refractivity contribution in [3.05, 3.63) is 11.6 Å². The maximum atomic E-state index is 10.5. The van der Waals surface area contributed by atoms with Crippen molar-refractivity contribution < 1.29 is 8.76 Å². The van der Waals surface area contributed by atoms with Gasteiger partial charge in [-0.25, -0.2) is 4.21 Å². The molecule has 0 spiro atoms. The molecule has 1 rings (SSSR count). The summed E-state index contributed by atoms with van der Waals surface area (Å²) >= 11 is -0.731. The maximum Gasteiger partial charge on any atom is 0.197 e. The predicted molar refractivity (Wildman–Crippen MR) is 66.7 cm³/mol. The fourth-order valence-corrected chi connectivity index (χ4v) is 2.49. The van der Waals surface area contributed by atoms with Crippen LogP contribution in [0.1, 0.15) is 19.4 Å². The van der Waals surface area contributed by atoms with Crippen LogP contribution in [0, 0.1) is 6.92 Å². The Bertz CT molecular complexity index is 311. The maximum absolute atomic E-state index is 10.5. The van der Waals surface area contributed by atoms with E-state index in [1.54, 1.807) is 13.0 Å². The number of nitrogens with one attached hydrogen (secondary N) is 1. The van der Waals surface area contributed by atoms with Crippen LogP contribution in [0.2, 0.25) is 0 Å². The molecule has 1 atom stereocenters. The average molecular weight is 250 g/mol. The molecule has 4 nitrogen and oxygen atoms in total. The Morgan fingerprint density at radius 3 is 2.20 bits per heavy atom. The van der Waals surface area contributed by atoms with Gasteiger partial charge in [-0.05, 0) is 31.6 Å². The quantitative estimate of drug-likeness (QED) is 0.715. The first kappa shape index (κ1) is 14.6. The summed E-state index contributed by atoms with van der Waals surface area (Å²) in [6, 6.07) is 1.69. The first-order chi connectivity index (χ1) is 7.02. The molecule has 0 saturated heterocycles. The van der Waals surface area contributed by atoms with E-state index in [4.69, 9.17) is 10.3 Å².